The molecule has 25 heavy (non-hydrogen) atoms. The minimum Gasteiger partial charge on any atom is -0.342 e. The molecule has 0 bridgehead atoms. The number of nitrogens with zero attached hydrogens (tertiary/aromatic N) is 2. The maximum atomic E-state index is 14.3. The lowest BCUT2D eigenvalue weighted by molar-refractivity contribution is 0.537. The van der Waals surface area contributed by atoms with E-state index in [1.165, 1.54) is 0 Å². The number of halogens is 3. The molecule has 5 nitrogen and oxygen atoms in total. The second kappa shape index (κ2) is 6.15. The number of nitrogens with two attached hydrogens (primary N) is 1. The van der Waals surface area contributed by atoms with E-state index in [-0.39, 0.29) is 12.1 Å². The van der Waals surface area contributed by atoms with E-state index in [2.05, 4.69) is 20.9 Å². The van der Waals surface area contributed by atoms with Gasteiger partial charge in [0, 0.05) is 23.3 Å². The monoisotopic (exact) mass is 429 g/mol. The first-order valence-corrected chi connectivity index (χ1v) is 9.54. The van der Waals surface area contributed by atoms with Gasteiger partial charge in [0.05, 0.1) is 27.1 Å². The molecule has 0 fully saturated rings. The molecule has 3 rings (SSSR count). The van der Waals surface area contributed by atoms with Crippen molar-refractivity contribution in [2.75, 3.05) is 0 Å². The van der Waals surface area contributed by atoms with Crippen LogP contribution in [-0.4, -0.2) is 18.0 Å². The summed E-state index contributed by atoms with van der Waals surface area (Å²) in [7, 11) is -4.18. The molecule has 2 N–H and O–H groups in total. The van der Waals surface area contributed by atoms with Gasteiger partial charge in [0.15, 0.2) is 0 Å². The van der Waals surface area contributed by atoms with Crippen molar-refractivity contribution >= 4 is 36.9 Å². The van der Waals surface area contributed by atoms with Gasteiger partial charge in [-0.3, -0.25) is 4.98 Å². The first kappa shape index (κ1) is 18.0. The van der Waals surface area contributed by atoms with Gasteiger partial charge in [-0.15, -0.1) is 0 Å². The molecule has 0 aliphatic carbocycles. The molecule has 0 spiro atoms. The van der Waals surface area contributed by atoms with Crippen molar-refractivity contribution in [1.29, 1.82) is 0 Å². The van der Waals surface area contributed by atoms with Gasteiger partial charge in [-0.2, -0.15) is 0 Å². The van der Waals surface area contributed by atoms with E-state index in [9.17, 15) is 17.2 Å². The Labute approximate surface area is 151 Å². The van der Waals surface area contributed by atoms with Crippen molar-refractivity contribution in [3.63, 3.8) is 0 Å². The molecule has 9 heteroatoms. The Bertz CT molecular complexity index is 1090. The number of rotatable bonds is 3. The van der Waals surface area contributed by atoms with Gasteiger partial charge in [0.2, 0.25) is 10.0 Å². The summed E-state index contributed by atoms with van der Waals surface area (Å²) in [5.41, 5.74) is 2.17. The number of pyridine rings is 1. The van der Waals surface area contributed by atoms with Crippen LogP contribution < -0.4 is 5.14 Å². The Balaban J connectivity index is 2.16. The van der Waals surface area contributed by atoms with Crippen molar-refractivity contribution in [3.8, 4) is 0 Å². The molecule has 0 aliphatic heterocycles. The molecule has 3 aromatic rings. The van der Waals surface area contributed by atoms with Crippen molar-refractivity contribution < 1.29 is 17.2 Å². The molecule has 2 aromatic heterocycles. The van der Waals surface area contributed by atoms with Gasteiger partial charge < -0.3 is 4.57 Å². The smallest absolute Gasteiger partial charge is 0.238 e. The predicted octanol–water partition coefficient (Wildman–Crippen LogP) is 3.39. The first-order valence-electron chi connectivity index (χ1n) is 7.21. The zero-order chi connectivity index (χ0) is 18.5. The Morgan fingerprint density at radius 1 is 1.24 bits per heavy atom. The number of hydrogen-bond acceptors (Lipinski definition) is 3. The highest BCUT2D eigenvalue weighted by Crippen LogP contribution is 2.31. The third-order valence-electron chi connectivity index (χ3n) is 4.00. The molecule has 0 aliphatic rings. The van der Waals surface area contributed by atoms with Crippen LogP contribution in [0.1, 0.15) is 16.8 Å². The highest BCUT2D eigenvalue weighted by Gasteiger charge is 2.19. The minimum atomic E-state index is -4.18. The van der Waals surface area contributed by atoms with E-state index in [0.717, 1.165) is 38.8 Å². The van der Waals surface area contributed by atoms with Crippen LogP contribution in [0.4, 0.5) is 8.78 Å². The zero-order valence-electron chi connectivity index (χ0n) is 13.3. The molecule has 0 atom stereocenters. The van der Waals surface area contributed by atoms with Crippen molar-refractivity contribution in [2.24, 2.45) is 5.14 Å². The molecule has 0 saturated heterocycles. The summed E-state index contributed by atoms with van der Waals surface area (Å²) in [6.07, 6.45) is 3.47. The summed E-state index contributed by atoms with van der Waals surface area (Å²) in [6, 6.07) is 1.46. The Morgan fingerprint density at radius 3 is 2.40 bits per heavy atom. The van der Waals surface area contributed by atoms with E-state index >= 15 is 0 Å². The maximum absolute atomic E-state index is 14.3. The van der Waals surface area contributed by atoms with Gasteiger partial charge in [0.1, 0.15) is 11.6 Å². The lowest BCUT2D eigenvalue weighted by Gasteiger charge is -2.11. The topological polar surface area (TPSA) is 78.0 Å². The lowest BCUT2D eigenvalue weighted by Crippen LogP contribution is -2.14. The molecular weight excluding hydrogens is 416 g/mol. The van der Waals surface area contributed by atoms with Gasteiger partial charge >= 0.3 is 0 Å². The number of aryl methyl sites for hydroxylation is 2. The molecule has 1 aromatic carbocycles. The molecule has 0 unspecified atom stereocenters. The number of fused-ring (bicyclic) bond motifs is 1. The number of hydrogen-bond donors (Lipinski definition) is 1. The van der Waals surface area contributed by atoms with Crippen LogP contribution in [0.2, 0.25) is 0 Å². The quantitative estimate of drug-likeness (QED) is 0.692. The third-order valence-corrected chi connectivity index (χ3v) is 5.84. The minimum absolute atomic E-state index is 0.102. The fourth-order valence-electron chi connectivity index (χ4n) is 2.70. The van der Waals surface area contributed by atoms with Gasteiger partial charge in [-0.05, 0) is 47.5 Å². The Kier molecular flexibility index (Phi) is 4.42. The number of primary sulfonamides is 1. The van der Waals surface area contributed by atoms with Gasteiger partial charge in [0.25, 0.3) is 0 Å². The number of aromatic nitrogens is 2. The van der Waals surface area contributed by atoms with E-state index < -0.39 is 26.6 Å². The number of benzene rings is 1. The SMILES string of the molecule is Cc1ncc2c(C)cn(Cc3c(F)cc(S(N)(=O)=O)cc3F)c2c1Br. The summed E-state index contributed by atoms with van der Waals surface area (Å²) in [6.45, 7) is 3.59. The van der Waals surface area contributed by atoms with Crippen LogP contribution in [0.25, 0.3) is 10.9 Å². The molecule has 0 amide bonds. The Hall–Kier alpha value is -1.84. The van der Waals surface area contributed by atoms with Gasteiger partial charge in [-0.25, -0.2) is 22.3 Å². The molecular formula is C16H14BrF2N3O2S. The lowest BCUT2D eigenvalue weighted by atomic mass is 10.2. The normalized spacial score (nSPS) is 12.1. The van der Waals surface area contributed by atoms with Crippen LogP contribution >= 0.6 is 15.9 Å². The summed E-state index contributed by atoms with van der Waals surface area (Å²) in [5.74, 6) is -1.93. The largest absolute Gasteiger partial charge is 0.342 e. The van der Waals surface area contributed by atoms with E-state index in [0.29, 0.717) is 0 Å². The van der Waals surface area contributed by atoms with Crippen molar-refractivity contribution in [3.05, 3.63) is 57.5 Å². The average molecular weight is 430 g/mol. The standard InChI is InChI=1S/C16H14BrF2N3O2S/c1-8-6-22(16-11(8)5-21-9(2)15(16)17)7-12-13(18)3-10(4-14(12)19)25(20,23)24/h3-6H,7H2,1-2H3,(H2,20,23,24). The Morgan fingerprint density at radius 2 is 1.84 bits per heavy atom. The van der Waals surface area contributed by atoms with E-state index in [1.807, 2.05) is 13.8 Å². The summed E-state index contributed by atoms with van der Waals surface area (Å²) in [5, 5.41) is 5.79. The second-order valence-corrected chi connectivity index (χ2v) is 8.12. The molecule has 2 heterocycles. The first-order chi connectivity index (χ1) is 11.6. The van der Waals surface area contributed by atoms with Crippen molar-refractivity contribution in [1.82, 2.24) is 9.55 Å². The number of sulfonamides is 1. The molecule has 0 radical (unpaired) electrons. The van der Waals surface area contributed by atoms with Crippen LogP contribution in [0, 0.1) is 25.5 Å². The maximum Gasteiger partial charge on any atom is 0.238 e. The van der Waals surface area contributed by atoms with E-state index in [4.69, 9.17) is 5.14 Å². The molecule has 0 saturated carbocycles. The summed E-state index contributed by atoms with van der Waals surface area (Å²) >= 11 is 3.47. The van der Waals surface area contributed by atoms with E-state index in [1.54, 1.807) is 17.0 Å². The average Bonchev–Trinajstić information content (AvgIpc) is 2.82. The summed E-state index contributed by atoms with van der Waals surface area (Å²) < 4.78 is 53.7. The second-order valence-electron chi connectivity index (χ2n) is 5.77. The van der Waals surface area contributed by atoms with Crippen LogP contribution in [0.3, 0.4) is 0 Å². The highest BCUT2D eigenvalue weighted by molar-refractivity contribution is 9.10. The van der Waals surface area contributed by atoms with Crippen LogP contribution in [-0.2, 0) is 16.6 Å². The van der Waals surface area contributed by atoms with Gasteiger partial charge in [-0.1, -0.05) is 0 Å². The predicted molar refractivity (Wildman–Crippen MR) is 93.7 cm³/mol. The summed E-state index contributed by atoms with van der Waals surface area (Å²) in [4.78, 5) is 3.68. The molecule has 132 valence electrons. The van der Waals surface area contributed by atoms with Crippen LogP contribution in [0.15, 0.2) is 33.9 Å². The van der Waals surface area contributed by atoms with Crippen LogP contribution in [0.5, 0.6) is 0 Å². The fraction of sp³-hybridized carbons (Fsp3) is 0.188. The van der Waals surface area contributed by atoms with Crippen molar-refractivity contribution in [2.45, 2.75) is 25.3 Å². The third kappa shape index (κ3) is 3.19. The zero-order valence-corrected chi connectivity index (χ0v) is 15.7. The highest BCUT2D eigenvalue weighted by atomic mass is 79.9. The fourth-order valence-corrected chi connectivity index (χ4v) is 3.78.